The molecule has 0 aliphatic rings. The van der Waals surface area contributed by atoms with Crippen molar-refractivity contribution in [1.82, 2.24) is 0 Å². The molecule has 0 heterocycles. The summed E-state index contributed by atoms with van der Waals surface area (Å²) < 4.78 is 0. The molecule has 0 aliphatic heterocycles. The van der Waals surface area contributed by atoms with Crippen LogP contribution in [0.1, 0.15) is 20.3 Å². The standard InChI is InChI=1S/C6H15NO2/c1-4(7)3-6(9)5(2)8/h4-6,8-9H,3,7H2,1-2H3. The van der Waals surface area contributed by atoms with Gasteiger partial charge in [0.25, 0.3) is 0 Å². The van der Waals surface area contributed by atoms with Gasteiger partial charge in [-0.3, -0.25) is 0 Å². The van der Waals surface area contributed by atoms with Crippen molar-refractivity contribution in [3.63, 3.8) is 0 Å². The maximum absolute atomic E-state index is 8.97. The normalized spacial score (nSPS) is 21.0. The van der Waals surface area contributed by atoms with Crippen LogP contribution in [0.4, 0.5) is 0 Å². The van der Waals surface area contributed by atoms with Gasteiger partial charge in [-0.05, 0) is 20.3 Å². The first-order chi connectivity index (χ1) is 4.04. The van der Waals surface area contributed by atoms with Crippen molar-refractivity contribution in [3.05, 3.63) is 0 Å². The SMILES string of the molecule is CC(N)CC(O)C(C)O. The second-order valence-electron chi connectivity index (χ2n) is 2.52. The second kappa shape index (κ2) is 3.82. The monoisotopic (exact) mass is 133 g/mol. The molecular weight excluding hydrogens is 118 g/mol. The van der Waals surface area contributed by atoms with Crippen LogP contribution in [0.5, 0.6) is 0 Å². The van der Waals surface area contributed by atoms with Crippen LogP contribution in [0.2, 0.25) is 0 Å². The number of aliphatic hydroxyl groups excluding tert-OH is 2. The van der Waals surface area contributed by atoms with Crippen LogP contribution in [0.3, 0.4) is 0 Å². The van der Waals surface area contributed by atoms with E-state index in [0.717, 1.165) is 0 Å². The van der Waals surface area contributed by atoms with E-state index in [1.165, 1.54) is 0 Å². The minimum absolute atomic E-state index is 0.0467. The van der Waals surface area contributed by atoms with Crippen molar-refractivity contribution in [3.8, 4) is 0 Å². The van der Waals surface area contributed by atoms with Gasteiger partial charge >= 0.3 is 0 Å². The highest BCUT2D eigenvalue weighted by molar-refractivity contribution is 4.66. The third-order valence-corrected chi connectivity index (χ3v) is 1.17. The Morgan fingerprint density at radius 1 is 1.33 bits per heavy atom. The summed E-state index contributed by atoms with van der Waals surface area (Å²) >= 11 is 0. The van der Waals surface area contributed by atoms with E-state index in [1.54, 1.807) is 13.8 Å². The summed E-state index contributed by atoms with van der Waals surface area (Å²) in [7, 11) is 0. The molecule has 0 fully saturated rings. The molecule has 0 spiro atoms. The molecule has 9 heavy (non-hydrogen) atoms. The molecule has 0 saturated heterocycles. The minimum Gasteiger partial charge on any atom is -0.391 e. The highest BCUT2D eigenvalue weighted by atomic mass is 16.3. The van der Waals surface area contributed by atoms with Crippen molar-refractivity contribution < 1.29 is 10.2 Å². The summed E-state index contributed by atoms with van der Waals surface area (Å²) in [5.74, 6) is 0. The smallest absolute Gasteiger partial charge is 0.0811 e. The van der Waals surface area contributed by atoms with Crippen LogP contribution >= 0.6 is 0 Å². The predicted molar refractivity (Wildman–Crippen MR) is 36.0 cm³/mol. The van der Waals surface area contributed by atoms with Gasteiger partial charge in [0, 0.05) is 6.04 Å². The maximum Gasteiger partial charge on any atom is 0.0811 e. The molecule has 0 aliphatic carbocycles. The number of hydrogen-bond acceptors (Lipinski definition) is 3. The topological polar surface area (TPSA) is 66.5 Å². The molecule has 3 heteroatoms. The van der Waals surface area contributed by atoms with E-state index in [2.05, 4.69) is 0 Å². The third kappa shape index (κ3) is 4.39. The average molecular weight is 133 g/mol. The molecule has 0 saturated carbocycles. The van der Waals surface area contributed by atoms with Crippen LogP contribution < -0.4 is 5.73 Å². The average Bonchev–Trinajstić information content (AvgIpc) is 1.63. The zero-order valence-electron chi connectivity index (χ0n) is 5.91. The maximum atomic E-state index is 8.97. The third-order valence-electron chi connectivity index (χ3n) is 1.17. The van der Waals surface area contributed by atoms with Gasteiger partial charge in [0.1, 0.15) is 0 Å². The molecule has 0 aromatic rings. The summed E-state index contributed by atoms with van der Waals surface area (Å²) in [6, 6.07) is -0.0467. The summed E-state index contributed by atoms with van der Waals surface area (Å²) in [5, 5.41) is 17.7. The van der Waals surface area contributed by atoms with E-state index in [0.29, 0.717) is 6.42 Å². The number of hydrogen-bond donors (Lipinski definition) is 3. The van der Waals surface area contributed by atoms with E-state index in [9.17, 15) is 0 Å². The van der Waals surface area contributed by atoms with Crippen molar-refractivity contribution in [1.29, 1.82) is 0 Å². The van der Waals surface area contributed by atoms with Gasteiger partial charge in [-0.25, -0.2) is 0 Å². The van der Waals surface area contributed by atoms with Crippen LogP contribution in [0.15, 0.2) is 0 Å². The molecule has 3 atom stereocenters. The van der Waals surface area contributed by atoms with E-state index < -0.39 is 12.2 Å². The Balaban J connectivity index is 3.38. The first-order valence-electron chi connectivity index (χ1n) is 3.15. The Hall–Kier alpha value is -0.120. The van der Waals surface area contributed by atoms with E-state index >= 15 is 0 Å². The molecule has 3 unspecified atom stereocenters. The van der Waals surface area contributed by atoms with Crippen LogP contribution in [-0.4, -0.2) is 28.5 Å². The van der Waals surface area contributed by atoms with Gasteiger partial charge in [-0.1, -0.05) is 0 Å². The van der Waals surface area contributed by atoms with Crippen LogP contribution in [0.25, 0.3) is 0 Å². The molecule has 4 N–H and O–H groups in total. The largest absolute Gasteiger partial charge is 0.391 e. The molecule has 0 aromatic heterocycles. The highest BCUT2D eigenvalue weighted by Gasteiger charge is 2.11. The van der Waals surface area contributed by atoms with E-state index in [-0.39, 0.29) is 6.04 Å². The van der Waals surface area contributed by atoms with E-state index in [4.69, 9.17) is 15.9 Å². The fourth-order valence-corrected chi connectivity index (χ4v) is 0.578. The Kier molecular flexibility index (Phi) is 3.77. The number of rotatable bonds is 3. The fourth-order valence-electron chi connectivity index (χ4n) is 0.578. The lowest BCUT2D eigenvalue weighted by Crippen LogP contribution is -2.30. The summed E-state index contributed by atoms with van der Waals surface area (Å²) in [5.41, 5.74) is 5.36. The molecule has 0 bridgehead atoms. The van der Waals surface area contributed by atoms with Crippen molar-refractivity contribution >= 4 is 0 Å². The zero-order chi connectivity index (χ0) is 7.44. The Labute approximate surface area is 55.5 Å². The Bertz CT molecular complexity index is 73.5. The molecule has 0 rings (SSSR count). The lowest BCUT2D eigenvalue weighted by Gasteiger charge is -2.14. The van der Waals surface area contributed by atoms with Gasteiger partial charge in [-0.15, -0.1) is 0 Å². The zero-order valence-corrected chi connectivity index (χ0v) is 5.91. The number of nitrogens with two attached hydrogens (primary N) is 1. The van der Waals surface area contributed by atoms with Crippen LogP contribution in [0, 0.1) is 0 Å². The molecule has 0 aromatic carbocycles. The summed E-state index contributed by atoms with van der Waals surface area (Å²) in [4.78, 5) is 0. The number of aliphatic hydroxyl groups is 2. The lowest BCUT2D eigenvalue weighted by molar-refractivity contribution is 0.0231. The minimum atomic E-state index is -0.676. The van der Waals surface area contributed by atoms with E-state index in [1.807, 2.05) is 0 Å². The highest BCUT2D eigenvalue weighted by Crippen LogP contribution is 1.99. The van der Waals surface area contributed by atoms with Gasteiger partial charge in [-0.2, -0.15) is 0 Å². The molecule has 0 amide bonds. The molecule has 3 nitrogen and oxygen atoms in total. The summed E-state index contributed by atoms with van der Waals surface area (Å²) in [6.45, 7) is 3.35. The molecular formula is C6H15NO2. The van der Waals surface area contributed by atoms with Gasteiger partial charge < -0.3 is 15.9 Å². The Morgan fingerprint density at radius 3 is 1.89 bits per heavy atom. The first-order valence-corrected chi connectivity index (χ1v) is 3.15. The predicted octanol–water partition coefficient (Wildman–Crippen LogP) is -0.535. The van der Waals surface area contributed by atoms with Gasteiger partial charge in [0.15, 0.2) is 0 Å². The van der Waals surface area contributed by atoms with Crippen molar-refractivity contribution in [2.24, 2.45) is 5.73 Å². The fraction of sp³-hybridized carbons (Fsp3) is 1.00. The Morgan fingerprint density at radius 2 is 1.78 bits per heavy atom. The quantitative estimate of drug-likeness (QED) is 0.484. The second-order valence-corrected chi connectivity index (χ2v) is 2.52. The lowest BCUT2D eigenvalue weighted by atomic mass is 10.1. The van der Waals surface area contributed by atoms with Crippen molar-refractivity contribution in [2.45, 2.75) is 38.5 Å². The summed E-state index contributed by atoms with van der Waals surface area (Å²) in [6.07, 6.45) is -0.890. The van der Waals surface area contributed by atoms with Gasteiger partial charge in [0.2, 0.25) is 0 Å². The van der Waals surface area contributed by atoms with Gasteiger partial charge in [0.05, 0.1) is 12.2 Å². The molecule has 0 radical (unpaired) electrons. The van der Waals surface area contributed by atoms with Crippen LogP contribution in [-0.2, 0) is 0 Å². The first kappa shape index (κ1) is 8.88. The molecule has 56 valence electrons. The van der Waals surface area contributed by atoms with Crippen molar-refractivity contribution in [2.75, 3.05) is 0 Å².